The van der Waals surface area contributed by atoms with Gasteiger partial charge < -0.3 is 9.73 Å². The Labute approximate surface area is 109 Å². The van der Waals surface area contributed by atoms with Crippen LogP contribution in [-0.4, -0.2) is 14.9 Å². The molecule has 0 radical (unpaired) electrons. The van der Waals surface area contributed by atoms with Crippen molar-refractivity contribution in [2.45, 2.75) is 26.8 Å². The van der Waals surface area contributed by atoms with Crippen molar-refractivity contribution in [2.24, 2.45) is 0 Å². The molecule has 2 rings (SSSR count). The Bertz CT molecular complexity index is 592. The molecule has 7 heteroatoms. The number of nitro groups is 1. The van der Waals surface area contributed by atoms with Gasteiger partial charge in [0.25, 0.3) is 0 Å². The van der Waals surface area contributed by atoms with Crippen molar-refractivity contribution in [3.05, 3.63) is 45.7 Å². The Morgan fingerprint density at radius 1 is 1.37 bits per heavy atom. The summed E-state index contributed by atoms with van der Waals surface area (Å²) in [5.74, 6) is 2.02. The van der Waals surface area contributed by atoms with Gasteiger partial charge >= 0.3 is 5.69 Å². The quantitative estimate of drug-likeness (QED) is 0.672. The zero-order valence-corrected chi connectivity index (χ0v) is 10.9. The first-order chi connectivity index (χ1) is 8.97. The Morgan fingerprint density at radius 3 is 2.47 bits per heavy atom. The summed E-state index contributed by atoms with van der Waals surface area (Å²) < 4.78 is 5.45. The maximum Gasteiger partial charge on any atom is 0.305 e. The molecule has 19 heavy (non-hydrogen) atoms. The largest absolute Gasteiger partial charge is 0.466 e. The van der Waals surface area contributed by atoms with Crippen LogP contribution in [0.5, 0.6) is 0 Å². The summed E-state index contributed by atoms with van der Waals surface area (Å²) in [5, 5.41) is 13.6. The topological polar surface area (TPSA) is 94.1 Å². The molecule has 2 aromatic rings. The second-order valence-electron chi connectivity index (χ2n) is 4.26. The van der Waals surface area contributed by atoms with Gasteiger partial charge in [0.1, 0.15) is 23.9 Å². The van der Waals surface area contributed by atoms with Crippen LogP contribution >= 0.6 is 0 Å². The third-order valence-corrected chi connectivity index (χ3v) is 2.74. The summed E-state index contributed by atoms with van der Waals surface area (Å²) in [4.78, 5) is 17.8. The normalized spacial score (nSPS) is 12.2. The summed E-state index contributed by atoms with van der Waals surface area (Å²) in [6.07, 6.45) is 2.35. The average Bonchev–Trinajstić information content (AvgIpc) is 2.69. The van der Waals surface area contributed by atoms with Gasteiger partial charge in [-0.05, 0) is 26.8 Å². The molecule has 0 fully saturated rings. The molecule has 1 unspecified atom stereocenters. The monoisotopic (exact) mass is 262 g/mol. The van der Waals surface area contributed by atoms with Crippen molar-refractivity contribution in [1.82, 2.24) is 9.97 Å². The SMILES string of the molecule is Cc1cc(C(C)Nc2ncc([N+](=O)[O-])cn2)c(C)o1. The number of nitrogens with zero attached hydrogens (tertiary/aromatic N) is 3. The summed E-state index contributed by atoms with van der Waals surface area (Å²) in [5.41, 5.74) is 0.882. The van der Waals surface area contributed by atoms with Gasteiger partial charge in [0.05, 0.1) is 11.0 Å². The second kappa shape index (κ2) is 5.05. The number of aryl methyl sites for hydroxylation is 2. The number of furan rings is 1. The molecule has 2 aromatic heterocycles. The van der Waals surface area contributed by atoms with E-state index in [0.29, 0.717) is 5.95 Å². The molecule has 0 bridgehead atoms. The van der Waals surface area contributed by atoms with Crippen LogP contribution in [0.25, 0.3) is 0 Å². The van der Waals surface area contributed by atoms with Gasteiger partial charge in [0.2, 0.25) is 5.95 Å². The van der Waals surface area contributed by atoms with Crippen LogP contribution in [0.2, 0.25) is 0 Å². The molecule has 2 heterocycles. The fourth-order valence-corrected chi connectivity index (χ4v) is 1.84. The second-order valence-corrected chi connectivity index (χ2v) is 4.26. The number of rotatable bonds is 4. The summed E-state index contributed by atoms with van der Waals surface area (Å²) in [6.45, 7) is 5.71. The summed E-state index contributed by atoms with van der Waals surface area (Å²) in [6, 6.07) is 1.90. The maximum atomic E-state index is 10.5. The molecule has 0 saturated carbocycles. The zero-order valence-electron chi connectivity index (χ0n) is 10.9. The van der Waals surface area contributed by atoms with Crippen LogP contribution in [0, 0.1) is 24.0 Å². The molecule has 0 spiro atoms. The third kappa shape index (κ3) is 2.87. The highest BCUT2D eigenvalue weighted by Gasteiger charge is 2.14. The fraction of sp³-hybridized carbons (Fsp3) is 0.333. The van der Waals surface area contributed by atoms with E-state index in [0.717, 1.165) is 17.1 Å². The predicted octanol–water partition coefficient (Wildman–Crippen LogP) is 2.77. The molecule has 0 aliphatic carbocycles. The van der Waals surface area contributed by atoms with Gasteiger partial charge in [-0.25, -0.2) is 9.97 Å². The number of aromatic nitrogens is 2. The fourth-order valence-electron chi connectivity index (χ4n) is 1.84. The van der Waals surface area contributed by atoms with E-state index in [1.165, 1.54) is 12.4 Å². The van der Waals surface area contributed by atoms with E-state index < -0.39 is 4.92 Å². The highest BCUT2D eigenvalue weighted by atomic mass is 16.6. The van der Waals surface area contributed by atoms with Crippen LogP contribution < -0.4 is 5.32 Å². The molecule has 1 atom stereocenters. The van der Waals surface area contributed by atoms with E-state index in [9.17, 15) is 10.1 Å². The summed E-state index contributed by atoms with van der Waals surface area (Å²) in [7, 11) is 0. The molecule has 0 amide bonds. The Kier molecular flexibility index (Phi) is 3.46. The van der Waals surface area contributed by atoms with Crippen molar-refractivity contribution in [2.75, 3.05) is 5.32 Å². The third-order valence-electron chi connectivity index (χ3n) is 2.74. The van der Waals surface area contributed by atoms with Crippen molar-refractivity contribution in [3.8, 4) is 0 Å². The number of anilines is 1. The number of hydrogen-bond donors (Lipinski definition) is 1. The van der Waals surface area contributed by atoms with Crippen LogP contribution in [0.4, 0.5) is 11.6 Å². The molecule has 0 aliphatic heterocycles. The van der Waals surface area contributed by atoms with E-state index >= 15 is 0 Å². The van der Waals surface area contributed by atoms with E-state index in [4.69, 9.17) is 4.42 Å². The van der Waals surface area contributed by atoms with E-state index in [-0.39, 0.29) is 11.7 Å². The molecule has 0 aromatic carbocycles. The molecular weight excluding hydrogens is 248 g/mol. The summed E-state index contributed by atoms with van der Waals surface area (Å²) >= 11 is 0. The van der Waals surface area contributed by atoms with Crippen molar-refractivity contribution in [1.29, 1.82) is 0 Å². The number of nitrogens with one attached hydrogen (secondary N) is 1. The van der Waals surface area contributed by atoms with E-state index in [1.807, 2.05) is 26.8 Å². The van der Waals surface area contributed by atoms with Crippen LogP contribution in [0.3, 0.4) is 0 Å². The van der Waals surface area contributed by atoms with Crippen LogP contribution in [0.15, 0.2) is 22.9 Å². The number of hydrogen-bond acceptors (Lipinski definition) is 6. The van der Waals surface area contributed by atoms with Gasteiger partial charge in [-0.1, -0.05) is 0 Å². The Hall–Kier alpha value is -2.44. The average molecular weight is 262 g/mol. The van der Waals surface area contributed by atoms with Crippen molar-refractivity contribution < 1.29 is 9.34 Å². The standard InChI is InChI=1S/C12H14N4O3/c1-7-4-11(9(3)19-7)8(2)15-12-13-5-10(6-14-12)16(17)18/h4-6,8H,1-3H3,(H,13,14,15). The molecule has 0 saturated heterocycles. The Balaban J connectivity index is 2.12. The lowest BCUT2D eigenvalue weighted by atomic mass is 10.1. The molecule has 1 N–H and O–H groups in total. The Morgan fingerprint density at radius 2 is 2.00 bits per heavy atom. The maximum absolute atomic E-state index is 10.5. The van der Waals surface area contributed by atoms with Crippen LogP contribution in [-0.2, 0) is 0 Å². The van der Waals surface area contributed by atoms with Gasteiger partial charge in [0, 0.05) is 5.56 Å². The van der Waals surface area contributed by atoms with Gasteiger partial charge in [-0.3, -0.25) is 10.1 Å². The van der Waals surface area contributed by atoms with Gasteiger partial charge in [0.15, 0.2) is 0 Å². The smallest absolute Gasteiger partial charge is 0.305 e. The van der Waals surface area contributed by atoms with E-state index in [2.05, 4.69) is 15.3 Å². The van der Waals surface area contributed by atoms with Crippen molar-refractivity contribution in [3.63, 3.8) is 0 Å². The first-order valence-corrected chi connectivity index (χ1v) is 5.77. The highest BCUT2D eigenvalue weighted by Crippen LogP contribution is 2.23. The lowest BCUT2D eigenvalue weighted by Crippen LogP contribution is -2.09. The molecule has 0 aliphatic rings. The lowest BCUT2D eigenvalue weighted by Gasteiger charge is -2.12. The van der Waals surface area contributed by atoms with Gasteiger partial charge in [-0.2, -0.15) is 0 Å². The van der Waals surface area contributed by atoms with Crippen molar-refractivity contribution >= 4 is 11.6 Å². The predicted molar refractivity (Wildman–Crippen MR) is 68.9 cm³/mol. The minimum absolute atomic E-state index is 0.0427. The molecule has 7 nitrogen and oxygen atoms in total. The first-order valence-electron chi connectivity index (χ1n) is 5.77. The minimum Gasteiger partial charge on any atom is -0.466 e. The van der Waals surface area contributed by atoms with E-state index in [1.54, 1.807) is 0 Å². The molecular formula is C12H14N4O3. The lowest BCUT2D eigenvalue weighted by molar-refractivity contribution is -0.385. The molecule has 100 valence electrons. The highest BCUT2D eigenvalue weighted by molar-refractivity contribution is 5.35. The first kappa shape index (κ1) is 13.0. The van der Waals surface area contributed by atoms with Crippen LogP contribution in [0.1, 0.15) is 30.0 Å². The minimum atomic E-state index is -0.531. The zero-order chi connectivity index (χ0) is 14.0. The van der Waals surface area contributed by atoms with Gasteiger partial charge in [-0.15, -0.1) is 0 Å².